The molecule has 3 aromatic rings. The topological polar surface area (TPSA) is 72.2 Å². The number of aromatic nitrogens is 3. The average Bonchev–Trinajstić information content (AvgIpc) is 3.28. The van der Waals surface area contributed by atoms with E-state index in [4.69, 9.17) is 0 Å². The van der Waals surface area contributed by atoms with E-state index in [2.05, 4.69) is 56.5 Å². The lowest BCUT2D eigenvalue weighted by molar-refractivity contribution is -0.118. The Morgan fingerprint density at radius 1 is 1.09 bits per heavy atom. The van der Waals surface area contributed by atoms with Crippen molar-refractivity contribution in [1.29, 1.82) is 0 Å². The van der Waals surface area contributed by atoms with Crippen LogP contribution >= 0.6 is 11.8 Å². The van der Waals surface area contributed by atoms with Gasteiger partial charge >= 0.3 is 0 Å². The molecule has 0 bridgehead atoms. The summed E-state index contributed by atoms with van der Waals surface area (Å²) in [6, 6.07) is 18.7. The lowest BCUT2D eigenvalue weighted by Gasteiger charge is -2.25. The van der Waals surface area contributed by atoms with Gasteiger partial charge in [0.15, 0.2) is 11.0 Å². The van der Waals surface area contributed by atoms with Gasteiger partial charge in [0.1, 0.15) is 0 Å². The lowest BCUT2D eigenvalue weighted by Crippen LogP contribution is -2.20. The molecule has 0 radical (unpaired) electrons. The van der Waals surface area contributed by atoms with E-state index in [1.165, 1.54) is 36.6 Å². The highest BCUT2D eigenvalue weighted by Gasteiger charge is 2.24. The third-order valence-electron chi connectivity index (χ3n) is 5.68. The van der Waals surface area contributed by atoms with Crippen molar-refractivity contribution in [3.8, 4) is 11.4 Å². The van der Waals surface area contributed by atoms with E-state index in [1.807, 2.05) is 36.4 Å². The number of rotatable bonds is 8. The van der Waals surface area contributed by atoms with Crippen LogP contribution in [0.5, 0.6) is 0 Å². The predicted octanol–water partition coefficient (Wildman–Crippen LogP) is 5.67. The SMILES string of the molecule is Cc1ccc(-c2nnc(SCC(=O)NN=CC=Cc3ccccc3)n2C2CCCCC2)cc1. The van der Waals surface area contributed by atoms with Gasteiger partial charge in [-0.15, -0.1) is 10.2 Å². The number of aryl methyl sites for hydroxylation is 1. The number of hydrazone groups is 1. The van der Waals surface area contributed by atoms with E-state index in [9.17, 15) is 4.79 Å². The average molecular weight is 460 g/mol. The number of hydrogen-bond acceptors (Lipinski definition) is 5. The first kappa shape index (κ1) is 23.0. The van der Waals surface area contributed by atoms with Gasteiger partial charge in [0.2, 0.25) is 0 Å². The zero-order chi connectivity index (χ0) is 22.9. The molecule has 1 fully saturated rings. The lowest BCUT2D eigenvalue weighted by atomic mass is 9.95. The summed E-state index contributed by atoms with van der Waals surface area (Å²) >= 11 is 1.41. The van der Waals surface area contributed by atoms with Crippen molar-refractivity contribution in [2.45, 2.75) is 50.2 Å². The minimum Gasteiger partial charge on any atom is -0.299 e. The largest absolute Gasteiger partial charge is 0.299 e. The molecule has 4 rings (SSSR count). The van der Waals surface area contributed by atoms with Gasteiger partial charge < -0.3 is 0 Å². The van der Waals surface area contributed by atoms with Crippen LogP contribution in [0.15, 0.2) is 70.9 Å². The smallest absolute Gasteiger partial charge is 0.250 e. The molecule has 1 amide bonds. The second-order valence-electron chi connectivity index (χ2n) is 8.21. The Bertz CT molecular complexity index is 1100. The fourth-order valence-electron chi connectivity index (χ4n) is 3.98. The summed E-state index contributed by atoms with van der Waals surface area (Å²) in [4.78, 5) is 12.3. The summed E-state index contributed by atoms with van der Waals surface area (Å²) < 4.78 is 2.24. The van der Waals surface area contributed by atoms with Gasteiger partial charge in [-0.1, -0.05) is 97.3 Å². The Kier molecular flexibility index (Phi) is 8.09. The third kappa shape index (κ3) is 6.42. The fraction of sp³-hybridized carbons (Fsp3) is 0.308. The molecule has 0 unspecified atom stereocenters. The molecule has 6 nitrogen and oxygen atoms in total. The molecular formula is C26H29N5OS. The molecule has 1 aliphatic carbocycles. The molecule has 0 aliphatic heterocycles. The third-order valence-corrected chi connectivity index (χ3v) is 6.63. The Morgan fingerprint density at radius 3 is 2.61 bits per heavy atom. The van der Waals surface area contributed by atoms with E-state index in [-0.39, 0.29) is 11.7 Å². The number of carbonyl (C=O) groups is 1. The molecule has 1 saturated carbocycles. The number of nitrogens with one attached hydrogen (secondary N) is 1. The van der Waals surface area contributed by atoms with E-state index in [0.29, 0.717) is 6.04 Å². The summed E-state index contributed by atoms with van der Waals surface area (Å²) in [6.45, 7) is 2.08. The zero-order valence-electron chi connectivity index (χ0n) is 18.9. The Balaban J connectivity index is 1.39. The van der Waals surface area contributed by atoms with E-state index in [0.717, 1.165) is 34.9 Å². The van der Waals surface area contributed by atoms with Crippen LogP contribution in [0.2, 0.25) is 0 Å². The van der Waals surface area contributed by atoms with E-state index < -0.39 is 0 Å². The van der Waals surface area contributed by atoms with Gasteiger partial charge in [0, 0.05) is 17.8 Å². The quantitative estimate of drug-likeness (QED) is 0.268. The standard InChI is InChI=1S/C26H29N5OS/c1-20-14-16-22(17-15-20)25-29-30-26(31(25)23-12-6-3-7-13-23)33-19-24(32)28-27-18-8-11-21-9-4-2-5-10-21/h2,4-5,8-11,14-18,23H,3,6-7,12-13,19H2,1H3,(H,28,32). The summed E-state index contributed by atoms with van der Waals surface area (Å²) in [6.07, 6.45) is 11.3. The molecule has 33 heavy (non-hydrogen) atoms. The van der Waals surface area contributed by atoms with Crippen molar-refractivity contribution in [2.75, 3.05) is 5.75 Å². The van der Waals surface area contributed by atoms with Gasteiger partial charge in [-0.25, -0.2) is 5.43 Å². The minimum absolute atomic E-state index is 0.167. The Morgan fingerprint density at radius 2 is 1.85 bits per heavy atom. The number of benzene rings is 2. The van der Waals surface area contributed by atoms with Gasteiger partial charge in [0.25, 0.3) is 5.91 Å². The van der Waals surface area contributed by atoms with Crippen LogP contribution in [-0.2, 0) is 4.79 Å². The molecule has 7 heteroatoms. The number of nitrogens with zero attached hydrogens (tertiary/aromatic N) is 4. The number of hydrogen-bond donors (Lipinski definition) is 1. The Hall–Kier alpha value is -3.19. The minimum atomic E-state index is -0.167. The van der Waals surface area contributed by atoms with Crippen molar-refractivity contribution in [3.05, 3.63) is 71.8 Å². The monoisotopic (exact) mass is 459 g/mol. The molecule has 170 valence electrons. The maximum Gasteiger partial charge on any atom is 0.250 e. The molecular weight excluding hydrogens is 430 g/mol. The Labute approximate surface area is 199 Å². The van der Waals surface area contributed by atoms with Crippen LogP contribution < -0.4 is 5.43 Å². The maximum absolute atomic E-state index is 12.3. The summed E-state index contributed by atoms with van der Waals surface area (Å²) in [5, 5.41) is 13.8. The van der Waals surface area contributed by atoms with Crippen LogP contribution in [-0.4, -0.2) is 32.6 Å². The highest BCUT2D eigenvalue weighted by atomic mass is 32.2. The maximum atomic E-state index is 12.3. The van der Waals surface area contributed by atoms with Gasteiger partial charge in [-0.2, -0.15) is 5.10 Å². The number of amides is 1. The summed E-state index contributed by atoms with van der Waals surface area (Å²) in [5.74, 6) is 0.951. The van der Waals surface area contributed by atoms with Crippen molar-refractivity contribution >= 4 is 30.0 Å². The van der Waals surface area contributed by atoms with Crippen LogP contribution in [0.1, 0.15) is 49.3 Å². The van der Waals surface area contributed by atoms with Crippen molar-refractivity contribution in [3.63, 3.8) is 0 Å². The molecule has 1 aliphatic rings. The molecule has 0 saturated heterocycles. The van der Waals surface area contributed by atoms with Crippen molar-refractivity contribution in [1.82, 2.24) is 20.2 Å². The number of thioether (sulfide) groups is 1. The number of carbonyl (C=O) groups excluding carboxylic acids is 1. The normalized spacial score (nSPS) is 14.8. The van der Waals surface area contributed by atoms with Gasteiger partial charge in [-0.3, -0.25) is 9.36 Å². The highest BCUT2D eigenvalue weighted by molar-refractivity contribution is 7.99. The van der Waals surface area contributed by atoms with Crippen LogP contribution in [0.4, 0.5) is 0 Å². The first-order valence-corrected chi connectivity index (χ1v) is 12.4. The second-order valence-corrected chi connectivity index (χ2v) is 9.15. The van der Waals surface area contributed by atoms with Crippen molar-refractivity contribution < 1.29 is 4.79 Å². The highest BCUT2D eigenvalue weighted by Crippen LogP contribution is 2.35. The predicted molar refractivity (Wildman–Crippen MR) is 135 cm³/mol. The van der Waals surface area contributed by atoms with Crippen LogP contribution in [0.3, 0.4) is 0 Å². The summed E-state index contributed by atoms with van der Waals surface area (Å²) in [7, 11) is 0. The van der Waals surface area contributed by atoms with Crippen LogP contribution in [0, 0.1) is 6.92 Å². The first-order chi connectivity index (χ1) is 16.2. The number of allylic oxidation sites excluding steroid dienone is 1. The molecule has 0 spiro atoms. The van der Waals surface area contributed by atoms with Crippen molar-refractivity contribution in [2.24, 2.45) is 5.10 Å². The first-order valence-electron chi connectivity index (χ1n) is 11.4. The molecule has 1 N–H and O–H groups in total. The van der Waals surface area contributed by atoms with Crippen LogP contribution in [0.25, 0.3) is 17.5 Å². The zero-order valence-corrected chi connectivity index (χ0v) is 19.7. The van der Waals surface area contributed by atoms with Gasteiger partial charge in [-0.05, 0) is 31.4 Å². The second kappa shape index (κ2) is 11.6. The molecule has 1 aromatic heterocycles. The molecule has 2 aromatic carbocycles. The van der Waals surface area contributed by atoms with E-state index >= 15 is 0 Å². The fourth-order valence-corrected chi connectivity index (χ4v) is 4.77. The molecule has 1 heterocycles. The van der Waals surface area contributed by atoms with E-state index in [1.54, 1.807) is 12.3 Å². The molecule has 0 atom stereocenters. The summed E-state index contributed by atoms with van der Waals surface area (Å²) in [5.41, 5.74) is 5.94. The van der Waals surface area contributed by atoms with Gasteiger partial charge in [0.05, 0.1) is 5.75 Å².